The third-order valence-electron chi connectivity index (χ3n) is 5.38. The molecule has 2 unspecified atom stereocenters. The van der Waals surface area contributed by atoms with Crippen LogP contribution in [0.1, 0.15) is 62.1 Å². The summed E-state index contributed by atoms with van der Waals surface area (Å²) < 4.78 is 12.5. The minimum absolute atomic E-state index is 0.361. The summed E-state index contributed by atoms with van der Waals surface area (Å²) in [5.74, 6) is -0.0151. The van der Waals surface area contributed by atoms with Crippen LogP contribution < -0.4 is 0 Å². The van der Waals surface area contributed by atoms with Crippen molar-refractivity contribution in [3.63, 3.8) is 0 Å². The molecule has 1 spiro atoms. The summed E-state index contributed by atoms with van der Waals surface area (Å²) in [6.07, 6.45) is 5.69. The Kier molecular flexibility index (Phi) is 4.86. The van der Waals surface area contributed by atoms with E-state index < -0.39 is 0 Å². The number of nitrogens with zero attached hydrogens (tertiary/aromatic N) is 1. The monoisotopic (exact) mass is 303 g/mol. The van der Waals surface area contributed by atoms with Crippen molar-refractivity contribution < 1.29 is 9.47 Å². The van der Waals surface area contributed by atoms with Crippen molar-refractivity contribution in [2.75, 3.05) is 27.3 Å². The first-order valence-corrected chi connectivity index (χ1v) is 8.67. The molecule has 0 N–H and O–H groups in total. The maximum atomic E-state index is 6.23. The fourth-order valence-electron chi connectivity index (χ4n) is 3.91. The molecule has 2 aliphatic heterocycles. The summed E-state index contributed by atoms with van der Waals surface area (Å²) in [7, 11) is 4.29. The van der Waals surface area contributed by atoms with E-state index in [4.69, 9.17) is 9.47 Å². The van der Waals surface area contributed by atoms with Crippen LogP contribution >= 0.6 is 0 Å². The second-order valence-corrected chi connectivity index (χ2v) is 6.93. The number of benzene rings is 1. The first-order chi connectivity index (χ1) is 10.6. The average molecular weight is 303 g/mol. The lowest BCUT2D eigenvalue weighted by atomic mass is 9.78. The van der Waals surface area contributed by atoms with Crippen LogP contribution in [0.5, 0.6) is 0 Å². The van der Waals surface area contributed by atoms with Gasteiger partial charge in [0.2, 0.25) is 0 Å². The van der Waals surface area contributed by atoms with Crippen molar-refractivity contribution in [2.45, 2.75) is 56.8 Å². The standard InChI is InChI=1S/C19H29NO2/c1-15(20(2)3)16-9-4-5-10-17(16)18-11-8-14-22-19(18)12-6-7-13-21-19/h4-5,9-10,15,18H,6-8,11-14H2,1-3H3/t15?,18-,19?/m0/s1. The van der Waals surface area contributed by atoms with Gasteiger partial charge in [-0.05, 0) is 57.8 Å². The van der Waals surface area contributed by atoms with E-state index in [1.807, 2.05) is 0 Å². The molecule has 2 aliphatic rings. The zero-order valence-corrected chi connectivity index (χ0v) is 14.2. The maximum absolute atomic E-state index is 6.23. The van der Waals surface area contributed by atoms with Crippen molar-refractivity contribution in [2.24, 2.45) is 0 Å². The highest BCUT2D eigenvalue weighted by molar-refractivity contribution is 5.34. The van der Waals surface area contributed by atoms with Crippen LogP contribution in [0.4, 0.5) is 0 Å². The molecule has 3 nitrogen and oxygen atoms in total. The Balaban J connectivity index is 1.97. The summed E-state index contributed by atoms with van der Waals surface area (Å²) in [6, 6.07) is 9.27. The van der Waals surface area contributed by atoms with Crippen LogP contribution in [0.15, 0.2) is 24.3 Å². The van der Waals surface area contributed by atoms with Gasteiger partial charge in [-0.1, -0.05) is 24.3 Å². The van der Waals surface area contributed by atoms with Crippen molar-refractivity contribution in [3.05, 3.63) is 35.4 Å². The second kappa shape index (κ2) is 6.69. The van der Waals surface area contributed by atoms with Gasteiger partial charge < -0.3 is 14.4 Å². The Morgan fingerprint density at radius 1 is 1.09 bits per heavy atom. The number of hydrogen-bond acceptors (Lipinski definition) is 3. The van der Waals surface area contributed by atoms with E-state index in [1.54, 1.807) is 0 Å². The molecule has 3 heteroatoms. The molecule has 122 valence electrons. The highest BCUT2D eigenvalue weighted by Crippen LogP contribution is 2.46. The fraction of sp³-hybridized carbons (Fsp3) is 0.684. The van der Waals surface area contributed by atoms with Crippen molar-refractivity contribution in [1.82, 2.24) is 4.90 Å². The first kappa shape index (κ1) is 16.0. The summed E-state index contributed by atoms with van der Waals surface area (Å²) in [6.45, 7) is 3.95. The fourth-order valence-corrected chi connectivity index (χ4v) is 3.91. The highest BCUT2D eigenvalue weighted by Gasteiger charge is 2.46. The topological polar surface area (TPSA) is 21.7 Å². The van der Waals surface area contributed by atoms with Gasteiger partial charge in [0.05, 0.1) is 13.2 Å². The lowest BCUT2D eigenvalue weighted by Gasteiger charge is -2.47. The average Bonchev–Trinajstić information content (AvgIpc) is 2.55. The molecule has 3 atom stereocenters. The number of hydrogen-bond donors (Lipinski definition) is 0. The van der Waals surface area contributed by atoms with Gasteiger partial charge in [-0.15, -0.1) is 0 Å². The molecule has 0 aromatic heterocycles. The molecule has 2 heterocycles. The Hall–Kier alpha value is -0.900. The number of rotatable bonds is 3. The molecule has 1 aromatic rings. The van der Waals surface area contributed by atoms with E-state index in [9.17, 15) is 0 Å². The van der Waals surface area contributed by atoms with Gasteiger partial charge in [-0.25, -0.2) is 0 Å². The zero-order chi connectivity index (χ0) is 15.6. The minimum atomic E-state index is -0.376. The third kappa shape index (κ3) is 2.94. The van der Waals surface area contributed by atoms with E-state index in [0.717, 1.165) is 38.9 Å². The minimum Gasteiger partial charge on any atom is -0.349 e. The van der Waals surface area contributed by atoms with E-state index in [1.165, 1.54) is 17.5 Å². The Morgan fingerprint density at radius 3 is 2.55 bits per heavy atom. The van der Waals surface area contributed by atoms with E-state index in [-0.39, 0.29) is 5.79 Å². The van der Waals surface area contributed by atoms with Crippen LogP contribution in [0.2, 0.25) is 0 Å². The molecular formula is C19H29NO2. The summed E-state index contributed by atoms with van der Waals surface area (Å²) in [5, 5.41) is 0. The maximum Gasteiger partial charge on any atom is 0.175 e. The number of ether oxygens (including phenoxy) is 2. The van der Waals surface area contributed by atoms with Crippen LogP contribution in [0, 0.1) is 0 Å². The highest BCUT2D eigenvalue weighted by atomic mass is 16.7. The predicted molar refractivity (Wildman–Crippen MR) is 89.0 cm³/mol. The molecule has 2 saturated heterocycles. The van der Waals surface area contributed by atoms with Crippen LogP contribution in [0.25, 0.3) is 0 Å². The summed E-state index contributed by atoms with van der Waals surface area (Å²) >= 11 is 0. The molecule has 2 fully saturated rings. The van der Waals surface area contributed by atoms with Gasteiger partial charge in [0.1, 0.15) is 0 Å². The third-order valence-corrected chi connectivity index (χ3v) is 5.38. The molecule has 0 aliphatic carbocycles. The lowest BCUT2D eigenvalue weighted by Crippen LogP contribution is -2.48. The molecule has 1 aromatic carbocycles. The first-order valence-electron chi connectivity index (χ1n) is 8.67. The van der Waals surface area contributed by atoms with Gasteiger partial charge in [0.15, 0.2) is 5.79 Å². The SMILES string of the molecule is CC(c1ccccc1[C@@H]1CCCOC12CCCCO2)N(C)C. The van der Waals surface area contributed by atoms with Crippen molar-refractivity contribution in [3.8, 4) is 0 Å². The molecular weight excluding hydrogens is 274 g/mol. The summed E-state index contributed by atoms with van der Waals surface area (Å²) in [5.41, 5.74) is 2.84. The molecule has 0 radical (unpaired) electrons. The second-order valence-electron chi connectivity index (χ2n) is 6.93. The Bertz CT molecular complexity index is 486. The molecule has 0 amide bonds. The normalized spacial score (nSPS) is 30.6. The van der Waals surface area contributed by atoms with Gasteiger partial charge >= 0.3 is 0 Å². The summed E-state index contributed by atoms with van der Waals surface area (Å²) in [4.78, 5) is 2.27. The van der Waals surface area contributed by atoms with Gasteiger partial charge in [0, 0.05) is 18.4 Å². The zero-order valence-electron chi connectivity index (χ0n) is 14.2. The van der Waals surface area contributed by atoms with E-state index >= 15 is 0 Å². The molecule has 3 rings (SSSR count). The molecule has 0 bridgehead atoms. The quantitative estimate of drug-likeness (QED) is 0.839. The largest absolute Gasteiger partial charge is 0.349 e. The van der Waals surface area contributed by atoms with Crippen LogP contribution in [-0.2, 0) is 9.47 Å². The van der Waals surface area contributed by atoms with Gasteiger partial charge in [-0.2, -0.15) is 0 Å². The van der Waals surface area contributed by atoms with Gasteiger partial charge in [-0.3, -0.25) is 0 Å². The van der Waals surface area contributed by atoms with Crippen molar-refractivity contribution in [1.29, 1.82) is 0 Å². The molecule has 22 heavy (non-hydrogen) atoms. The predicted octanol–water partition coefficient (Wildman–Crippen LogP) is 4.10. The van der Waals surface area contributed by atoms with Gasteiger partial charge in [0.25, 0.3) is 0 Å². The smallest absolute Gasteiger partial charge is 0.175 e. The Morgan fingerprint density at radius 2 is 1.82 bits per heavy atom. The Labute approximate surface area is 134 Å². The van der Waals surface area contributed by atoms with E-state index in [0.29, 0.717) is 12.0 Å². The van der Waals surface area contributed by atoms with Crippen LogP contribution in [0.3, 0.4) is 0 Å². The van der Waals surface area contributed by atoms with Crippen molar-refractivity contribution >= 4 is 0 Å². The van der Waals surface area contributed by atoms with Crippen LogP contribution in [-0.4, -0.2) is 38.0 Å². The molecule has 0 saturated carbocycles. The lowest BCUT2D eigenvalue weighted by molar-refractivity contribution is -0.283. The van der Waals surface area contributed by atoms with E-state index in [2.05, 4.69) is 50.2 Å².